The van der Waals surface area contributed by atoms with Crippen LogP contribution in [-0.4, -0.2) is 16.5 Å². The van der Waals surface area contributed by atoms with Crippen molar-refractivity contribution < 1.29 is 4.79 Å². The number of thioether (sulfide) groups is 1. The zero-order valence-electron chi connectivity index (χ0n) is 18.9. The molecule has 0 radical (unpaired) electrons. The molecule has 0 bridgehead atoms. The van der Waals surface area contributed by atoms with Crippen molar-refractivity contribution in [1.82, 2.24) is 4.98 Å². The Kier molecular flexibility index (Phi) is 6.81. The molecule has 0 fully saturated rings. The standard InChI is InChI=1S/C30H21ClN2OS/c31-24-14-11-21(12-15-24)27(34)19-35-30-26(18-32)28(22-9-5-2-6-10-22)25-16-13-23(29(25)33-30)17-20-7-3-1-4-8-20/h1-12,14-15,17H,13,16,19H2. The van der Waals surface area contributed by atoms with Crippen LogP contribution < -0.4 is 0 Å². The molecule has 3 aromatic carbocycles. The Balaban J connectivity index is 1.58. The van der Waals surface area contributed by atoms with Crippen LogP contribution in [0.4, 0.5) is 0 Å². The van der Waals surface area contributed by atoms with Crippen LogP contribution in [0.2, 0.25) is 5.02 Å². The summed E-state index contributed by atoms with van der Waals surface area (Å²) < 4.78 is 0. The molecule has 5 rings (SSSR count). The summed E-state index contributed by atoms with van der Waals surface area (Å²) in [4.78, 5) is 17.8. The fraction of sp³-hybridized carbons (Fsp3) is 0.100. The highest BCUT2D eigenvalue weighted by Gasteiger charge is 2.27. The van der Waals surface area contributed by atoms with Crippen molar-refractivity contribution >= 4 is 40.8 Å². The first-order chi connectivity index (χ1) is 17.1. The normalized spacial score (nSPS) is 13.4. The molecular weight excluding hydrogens is 472 g/mol. The Morgan fingerprint density at radius 2 is 1.66 bits per heavy atom. The smallest absolute Gasteiger partial charge is 0.173 e. The quantitative estimate of drug-likeness (QED) is 0.204. The van der Waals surface area contributed by atoms with E-state index in [0.29, 0.717) is 21.2 Å². The first-order valence-corrected chi connectivity index (χ1v) is 12.7. The summed E-state index contributed by atoms with van der Waals surface area (Å²) in [6, 6.07) is 29.5. The van der Waals surface area contributed by atoms with Gasteiger partial charge in [-0.1, -0.05) is 84.0 Å². The van der Waals surface area contributed by atoms with Gasteiger partial charge in [0.2, 0.25) is 0 Å². The number of hydrogen-bond donors (Lipinski definition) is 0. The van der Waals surface area contributed by atoms with Crippen LogP contribution in [0.5, 0.6) is 0 Å². The van der Waals surface area contributed by atoms with Gasteiger partial charge in [-0.2, -0.15) is 5.26 Å². The molecule has 0 spiro atoms. The van der Waals surface area contributed by atoms with Crippen LogP contribution in [0.25, 0.3) is 22.8 Å². The number of aromatic nitrogens is 1. The summed E-state index contributed by atoms with van der Waals surface area (Å²) in [7, 11) is 0. The molecule has 0 aliphatic heterocycles. The number of benzene rings is 3. The second-order valence-electron chi connectivity index (χ2n) is 8.27. The topological polar surface area (TPSA) is 53.8 Å². The van der Waals surface area contributed by atoms with E-state index < -0.39 is 0 Å². The number of ketones is 1. The van der Waals surface area contributed by atoms with E-state index in [9.17, 15) is 10.1 Å². The molecule has 1 aliphatic carbocycles. The fourth-order valence-electron chi connectivity index (χ4n) is 4.36. The molecule has 3 nitrogen and oxygen atoms in total. The second-order valence-corrected chi connectivity index (χ2v) is 9.67. The molecule has 5 heteroatoms. The van der Waals surface area contributed by atoms with Crippen LogP contribution in [0.15, 0.2) is 90.0 Å². The predicted octanol–water partition coefficient (Wildman–Crippen LogP) is 7.74. The van der Waals surface area contributed by atoms with Gasteiger partial charge in [0.05, 0.1) is 17.0 Å². The third-order valence-electron chi connectivity index (χ3n) is 6.03. The van der Waals surface area contributed by atoms with Crippen molar-refractivity contribution in [2.75, 3.05) is 5.75 Å². The lowest BCUT2D eigenvalue weighted by atomic mass is 9.95. The Morgan fingerprint density at radius 1 is 0.971 bits per heavy atom. The van der Waals surface area contributed by atoms with E-state index in [1.165, 1.54) is 11.8 Å². The number of Topliss-reactive ketones (excluding diaryl/α,β-unsaturated/α-hetero) is 1. The summed E-state index contributed by atoms with van der Waals surface area (Å²) in [5, 5.41) is 11.4. The highest BCUT2D eigenvalue weighted by molar-refractivity contribution is 8.00. The van der Waals surface area contributed by atoms with E-state index >= 15 is 0 Å². The second kappa shape index (κ2) is 10.3. The lowest BCUT2D eigenvalue weighted by Gasteiger charge is -2.15. The lowest BCUT2D eigenvalue weighted by Crippen LogP contribution is -2.05. The zero-order chi connectivity index (χ0) is 24.2. The van der Waals surface area contributed by atoms with Gasteiger partial charge in [-0.3, -0.25) is 4.79 Å². The maximum Gasteiger partial charge on any atom is 0.173 e. The van der Waals surface area contributed by atoms with E-state index in [0.717, 1.165) is 46.4 Å². The van der Waals surface area contributed by atoms with Gasteiger partial charge in [0.1, 0.15) is 11.1 Å². The zero-order valence-corrected chi connectivity index (χ0v) is 20.4. The number of nitrogens with zero attached hydrogens (tertiary/aromatic N) is 2. The van der Waals surface area contributed by atoms with Gasteiger partial charge >= 0.3 is 0 Å². The molecule has 0 N–H and O–H groups in total. The Hall–Kier alpha value is -3.65. The fourth-order valence-corrected chi connectivity index (χ4v) is 5.37. The van der Waals surface area contributed by atoms with Crippen LogP contribution in [-0.2, 0) is 6.42 Å². The van der Waals surface area contributed by atoms with Gasteiger partial charge in [0.15, 0.2) is 5.78 Å². The van der Waals surface area contributed by atoms with E-state index in [1.54, 1.807) is 24.3 Å². The molecule has 1 aromatic heterocycles. The molecule has 1 heterocycles. The molecule has 1 aliphatic rings. The molecule has 4 aromatic rings. The monoisotopic (exact) mass is 492 g/mol. The van der Waals surface area contributed by atoms with Gasteiger partial charge in [0, 0.05) is 16.1 Å². The number of rotatable bonds is 6. The third-order valence-corrected chi connectivity index (χ3v) is 7.26. The van der Waals surface area contributed by atoms with Crippen molar-refractivity contribution in [3.05, 3.63) is 118 Å². The van der Waals surface area contributed by atoms with Crippen LogP contribution in [0.3, 0.4) is 0 Å². The van der Waals surface area contributed by atoms with Crippen molar-refractivity contribution in [1.29, 1.82) is 5.26 Å². The van der Waals surface area contributed by atoms with E-state index in [2.05, 4.69) is 24.3 Å². The van der Waals surface area contributed by atoms with Crippen LogP contribution in [0.1, 0.15) is 39.2 Å². The largest absolute Gasteiger partial charge is 0.293 e. The van der Waals surface area contributed by atoms with E-state index in [-0.39, 0.29) is 11.5 Å². The first-order valence-electron chi connectivity index (χ1n) is 11.3. The molecule has 0 amide bonds. The minimum Gasteiger partial charge on any atom is -0.293 e. The molecule has 0 saturated heterocycles. The minimum absolute atomic E-state index is 0.0285. The Labute approximate surface area is 214 Å². The Morgan fingerprint density at radius 3 is 2.34 bits per heavy atom. The van der Waals surface area contributed by atoms with Gasteiger partial charge in [-0.25, -0.2) is 4.98 Å². The van der Waals surface area contributed by atoms with Crippen molar-refractivity contribution in [3.63, 3.8) is 0 Å². The molecule has 0 saturated carbocycles. The number of carbonyl (C=O) groups is 1. The number of allylic oxidation sites excluding steroid dienone is 1. The molecular formula is C30H21ClN2OS. The molecule has 170 valence electrons. The number of carbonyl (C=O) groups excluding carboxylic acids is 1. The summed E-state index contributed by atoms with van der Waals surface area (Å²) in [6.45, 7) is 0. The van der Waals surface area contributed by atoms with Gasteiger partial charge < -0.3 is 0 Å². The maximum absolute atomic E-state index is 12.8. The van der Waals surface area contributed by atoms with Crippen LogP contribution >= 0.6 is 23.4 Å². The Bertz CT molecular complexity index is 1460. The molecule has 0 unspecified atom stereocenters. The summed E-state index contributed by atoms with van der Waals surface area (Å²) in [6.07, 6.45) is 3.86. The average Bonchev–Trinajstić information content (AvgIpc) is 3.29. The number of fused-ring (bicyclic) bond motifs is 1. The average molecular weight is 493 g/mol. The predicted molar refractivity (Wildman–Crippen MR) is 144 cm³/mol. The number of pyridine rings is 1. The summed E-state index contributed by atoms with van der Waals surface area (Å²) in [5.74, 6) is 0.160. The van der Waals surface area contributed by atoms with Gasteiger partial charge in [-0.15, -0.1) is 0 Å². The summed E-state index contributed by atoms with van der Waals surface area (Å²) >= 11 is 7.28. The van der Waals surface area contributed by atoms with Gasteiger partial charge in [-0.05, 0) is 65.4 Å². The first kappa shape index (κ1) is 23.1. The van der Waals surface area contributed by atoms with Crippen LogP contribution in [0, 0.1) is 11.3 Å². The van der Waals surface area contributed by atoms with E-state index in [1.807, 2.05) is 48.5 Å². The van der Waals surface area contributed by atoms with E-state index in [4.69, 9.17) is 16.6 Å². The minimum atomic E-state index is -0.0285. The molecule has 0 atom stereocenters. The highest BCUT2D eigenvalue weighted by atomic mass is 35.5. The number of hydrogen-bond acceptors (Lipinski definition) is 4. The van der Waals surface area contributed by atoms with Crippen molar-refractivity contribution in [3.8, 4) is 17.2 Å². The maximum atomic E-state index is 12.8. The molecule has 35 heavy (non-hydrogen) atoms. The lowest BCUT2D eigenvalue weighted by molar-refractivity contribution is 0.102. The third kappa shape index (κ3) is 4.93. The summed E-state index contributed by atoms with van der Waals surface area (Å²) in [5.41, 5.74) is 7.34. The number of nitriles is 1. The van der Waals surface area contributed by atoms with Crippen molar-refractivity contribution in [2.45, 2.75) is 17.9 Å². The van der Waals surface area contributed by atoms with Gasteiger partial charge in [0.25, 0.3) is 0 Å². The number of halogens is 1. The SMILES string of the molecule is N#Cc1c(SCC(=O)c2ccc(Cl)cc2)nc2c(c1-c1ccccc1)CCC2=Cc1ccccc1. The highest BCUT2D eigenvalue weighted by Crippen LogP contribution is 2.43. The van der Waals surface area contributed by atoms with Crippen molar-refractivity contribution in [2.24, 2.45) is 0 Å².